The van der Waals surface area contributed by atoms with Crippen LogP contribution in [0.2, 0.25) is 0 Å². The van der Waals surface area contributed by atoms with E-state index in [4.69, 9.17) is 10.5 Å². The second kappa shape index (κ2) is 8.79. The van der Waals surface area contributed by atoms with Gasteiger partial charge < -0.3 is 21.1 Å². The average Bonchev–Trinajstić information content (AvgIpc) is 3.03. The lowest BCUT2D eigenvalue weighted by Gasteiger charge is -2.08. The normalized spacial score (nSPS) is 10.4. The summed E-state index contributed by atoms with van der Waals surface area (Å²) in [5.41, 5.74) is 8.64. The molecular formula is C22H21N3O4S. The zero-order chi connectivity index (χ0) is 21.8. The van der Waals surface area contributed by atoms with Crippen molar-refractivity contribution >= 4 is 45.5 Å². The van der Waals surface area contributed by atoms with E-state index in [1.54, 1.807) is 43.3 Å². The van der Waals surface area contributed by atoms with Crippen molar-refractivity contribution < 1.29 is 19.1 Å². The smallest absolute Gasteiger partial charge is 0.341 e. The molecule has 0 aliphatic carbocycles. The van der Waals surface area contributed by atoms with Crippen molar-refractivity contribution in [2.24, 2.45) is 0 Å². The van der Waals surface area contributed by atoms with Crippen molar-refractivity contribution in [2.75, 3.05) is 23.5 Å². The molecule has 0 saturated heterocycles. The maximum Gasteiger partial charge on any atom is 0.341 e. The predicted molar refractivity (Wildman–Crippen MR) is 118 cm³/mol. The maximum absolute atomic E-state index is 12.8. The van der Waals surface area contributed by atoms with E-state index in [1.807, 2.05) is 19.1 Å². The van der Waals surface area contributed by atoms with Crippen LogP contribution in [-0.4, -0.2) is 24.9 Å². The Labute approximate surface area is 177 Å². The summed E-state index contributed by atoms with van der Waals surface area (Å²) < 4.78 is 4.86. The van der Waals surface area contributed by atoms with Crippen molar-refractivity contribution in [1.82, 2.24) is 0 Å². The van der Waals surface area contributed by atoms with Crippen molar-refractivity contribution in [1.29, 1.82) is 0 Å². The molecule has 1 aromatic heterocycles. The molecule has 3 rings (SSSR count). The third kappa shape index (κ3) is 4.33. The van der Waals surface area contributed by atoms with E-state index in [9.17, 15) is 14.4 Å². The quantitative estimate of drug-likeness (QED) is 0.420. The molecule has 0 saturated carbocycles. The highest BCUT2D eigenvalue weighted by molar-refractivity contribution is 7.19. The Bertz CT molecular complexity index is 1140. The van der Waals surface area contributed by atoms with E-state index in [1.165, 1.54) is 7.11 Å². The van der Waals surface area contributed by atoms with Crippen LogP contribution in [0.4, 0.5) is 16.4 Å². The number of benzene rings is 2. The molecule has 0 unspecified atom stereocenters. The minimum atomic E-state index is -0.633. The zero-order valence-electron chi connectivity index (χ0n) is 16.7. The van der Waals surface area contributed by atoms with Gasteiger partial charge in [0.05, 0.1) is 17.6 Å². The van der Waals surface area contributed by atoms with Gasteiger partial charge in [0, 0.05) is 16.9 Å². The third-order valence-corrected chi connectivity index (χ3v) is 5.71. The van der Waals surface area contributed by atoms with Gasteiger partial charge >= 0.3 is 5.97 Å². The molecule has 154 valence electrons. The zero-order valence-corrected chi connectivity index (χ0v) is 17.6. The lowest BCUT2D eigenvalue weighted by molar-refractivity contribution is 0.0601. The number of carbonyl (C=O) groups is 3. The number of amides is 2. The van der Waals surface area contributed by atoms with Crippen LogP contribution in [0.3, 0.4) is 0 Å². The van der Waals surface area contributed by atoms with Crippen LogP contribution in [0.1, 0.15) is 41.5 Å². The number of aryl methyl sites for hydroxylation is 1. The number of esters is 1. The molecule has 0 bridgehead atoms. The first-order valence-corrected chi connectivity index (χ1v) is 9.89. The Kier molecular flexibility index (Phi) is 6.17. The monoisotopic (exact) mass is 423 g/mol. The molecule has 2 amide bonds. The number of thiophene rings is 1. The molecule has 0 aliphatic rings. The summed E-state index contributed by atoms with van der Waals surface area (Å²) in [6, 6.07) is 13.9. The van der Waals surface area contributed by atoms with Crippen LogP contribution in [0.5, 0.6) is 0 Å². The van der Waals surface area contributed by atoms with Crippen molar-refractivity contribution in [2.45, 2.75) is 13.8 Å². The highest BCUT2D eigenvalue weighted by Gasteiger charge is 2.27. The van der Waals surface area contributed by atoms with Gasteiger partial charge in [-0.15, -0.1) is 11.3 Å². The minimum absolute atomic E-state index is 0.155. The molecule has 0 radical (unpaired) electrons. The van der Waals surface area contributed by atoms with Gasteiger partial charge in [-0.25, -0.2) is 4.79 Å². The van der Waals surface area contributed by atoms with Crippen molar-refractivity contribution in [3.8, 4) is 0 Å². The molecule has 0 aliphatic heterocycles. The topological polar surface area (TPSA) is 111 Å². The van der Waals surface area contributed by atoms with Gasteiger partial charge in [-0.1, -0.05) is 24.3 Å². The first-order valence-electron chi connectivity index (χ1n) is 9.07. The molecule has 1 heterocycles. The Balaban J connectivity index is 1.95. The molecule has 30 heavy (non-hydrogen) atoms. The van der Waals surface area contributed by atoms with Crippen LogP contribution in [0, 0.1) is 13.8 Å². The molecule has 0 spiro atoms. The SMILES string of the molecule is COC(=O)c1c(NC(=O)c2ccccc2C)sc(C(=O)Nc2cccc(N)c2)c1C. The van der Waals surface area contributed by atoms with Crippen LogP contribution in [-0.2, 0) is 4.74 Å². The Morgan fingerprint density at radius 1 is 0.967 bits per heavy atom. The summed E-state index contributed by atoms with van der Waals surface area (Å²) in [6.07, 6.45) is 0. The number of hydrogen-bond acceptors (Lipinski definition) is 6. The van der Waals surface area contributed by atoms with E-state index in [0.29, 0.717) is 22.5 Å². The fraction of sp³-hybridized carbons (Fsp3) is 0.136. The molecule has 2 aromatic carbocycles. The van der Waals surface area contributed by atoms with Crippen LogP contribution < -0.4 is 16.4 Å². The van der Waals surface area contributed by atoms with E-state index >= 15 is 0 Å². The Morgan fingerprint density at radius 3 is 2.37 bits per heavy atom. The Hall–Kier alpha value is -3.65. The van der Waals surface area contributed by atoms with Gasteiger partial charge in [-0.2, -0.15) is 0 Å². The molecule has 0 atom stereocenters. The van der Waals surface area contributed by atoms with Gasteiger partial charge in [0.1, 0.15) is 5.00 Å². The lowest BCUT2D eigenvalue weighted by Crippen LogP contribution is -2.15. The summed E-state index contributed by atoms with van der Waals surface area (Å²) in [6.45, 7) is 3.46. The van der Waals surface area contributed by atoms with Crippen LogP contribution in [0.15, 0.2) is 48.5 Å². The van der Waals surface area contributed by atoms with Gasteiger partial charge in [0.2, 0.25) is 0 Å². The van der Waals surface area contributed by atoms with Crippen molar-refractivity contribution in [3.05, 3.63) is 75.7 Å². The molecule has 3 aromatic rings. The number of nitrogens with two attached hydrogens (primary N) is 1. The lowest BCUT2D eigenvalue weighted by atomic mass is 10.1. The number of hydrogen-bond donors (Lipinski definition) is 3. The summed E-state index contributed by atoms with van der Waals surface area (Å²) in [7, 11) is 1.25. The standard InChI is InChI=1S/C22H21N3O4S/c1-12-7-4-5-10-16(12)19(26)25-21-17(22(28)29-3)13(2)18(30-21)20(27)24-15-9-6-8-14(23)11-15/h4-11H,23H2,1-3H3,(H,24,27)(H,25,26). The number of nitrogen functional groups attached to an aromatic ring is 1. The summed E-state index contributed by atoms with van der Waals surface area (Å²) >= 11 is 1.01. The van der Waals surface area contributed by atoms with Gasteiger partial charge in [-0.05, 0) is 49.2 Å². The summed E-state index contributed by atoms with van der Waals surface area (Å²) in [5, 5.41) is 5.76. The minimum Gasteiger partial charge on any atom is -0.465 e. The number of ether oxygens (including phenoxy) is 1. The first-order chi connectivity index (χ1) is 14.3. The van der Waals surface area contributed by atoms with Crippen LogP contribution in [0.25, 0.3) is 0 Å². The number of nitrogens with one attached hydrogen (secondary N) is 2. The van der Waals surface area contributed by atoms with Crippen LogP contribution >= 0.6 is 11.3 Å². The van der Waals surface area contributed by atoms with Gasteiger partial charge in [-0.3, -0.25) is 9.59 Å². The van der Waals surface area contributed by atoms with E-state index in [0.717, 1.165) is 16.9 Å². The van der Waals surface area contributed by atoms with E-state index in [-0.39, 0.29) is 21.3 Å². The average molecular weight is 423 g/mol. The predicted octanol–water partition coefficient (Wildman–Crippen LogP) is 4.24. The maximum atomic E-state index is 12.8. The highest BCUT2D eigenvalue weighted by Crippen LogP contribution is 2.34. The number of anilines is 3. The molecule has 7 nitrogen and oxygen atoms in total. The van der Waals surface area contributed by atoms with E-state index in [2.05, 4.69) is 10.6 Å². The molecule has 4 N–H and O–H groups in total. The number of carbonyl (C=O) groups excluding carboxylic acids is 3. The molecule has 8 heteroatoms. The third-order valence-electron chi connectivity index (χ3n) is 4.50. The summed E-state index contributed by atoms with van der Waals surface area (Å²) in [4.78, 5) is 38.2. The second-order valence-corrected chi connectivity index (χ2v) is 7.62. The number of rotatable bonds is 5. The number of methoxy groups -OCH3 is 1. The van der Waals surface area contributed by atoms with E-state index < -0.39 is 11.9 Å². The fourth-order valence-corrected chi connectivity index (χ4v) is 4.05. The Morgan fingerprint density at radius 2 is 1.70 bits per heavy atom. The largest absolute Gasteiger partial charge is 0.465 e. The second-order valence-electron chi connectivity index (χ2n) is 6.60. The van der Waals surface area contributed by atoms with Gasteiger partial charge in [0.25, 0.3) is 11.8 Å². The fourth-order valence-electron chi connectivity index (χ4n) is 2.97. The van der Waals surface area contributed by atoms with Gasteiger partial charge in [0.15, 0.2) is 0 Å². The highest BCUT2D eigenvalue weighted by atomic mass is 32.1. The van der Waals surface area contributed by atoms with Crippen molar-refractivity contribution in [3.63, 3.8) is 0 Å². The molecular weight excluding hydrogens is 402 g/mol. The summed E-state index contributed by atoms with van der Waals surface area (Å²) in [5.74, 6) is -1.42. The molecule has 0 fully saturated rings. The first kappa shape index (κ1) is 21.1.